The smallest absolute Gasteiger partial charge is 0.207 e. The number of hydrogen-bond acceptors (Lipinski definition) is 1. The topological polar surface area (TPSA) is 9.23 Å². The van der Waals surface area contributed by atoms with E-state index in [0.717, 1.165) is 18.4 Å². The fourth-order valence-corrected chi connectivity index (χ4v) is 11.8. The number of hydrogen-bond donors (Lipinski definition) is 0. The molecule has 7 rings (SSSR count). The molecule has 276 valence electrons. The van der Waals surface area contributed by atoms with Crippen LogP contribution in [0.4, 0.5) is 22.0 Å². The Morgan fingerprint density at radius 3 is 1.84 bits per heavy atom. The molecule has 4 saturated carbocycles. The second kappa shape index (κ2) is 14.2. The first-order chi connectivity index (χ1) is 24.3. The molecule has 0 amide bonds. The summed E-state index contributed by atoms with van der Waals surface area (Å²) in [5, 5.41) is 0. The molecule has 3 aromatic carbocycles. The Kier molecular flexibility index (Phi) is 10.1. The summed E-state index contributed by atoms with van der Waals surface area (Å²) in [6, 6.07) is 19.4. The molecule has 0 N–H and O–H groups in total. The molecule has 6 heteroatoms. The molecule has 0 spiro atoms. The van der Waals surface area contributed by atoms with Crippen LogP contribution in [0.3, 0.4) is 0 Å². The third-order valence-corrected chi connectivity index (χ3v) is 14.3. The van der Waals surface area contributed by atoms with Gasteiger partial charge in [-0.15, -0.1) is 0 Å². The Hall–Kier alpha value is -2.89. The average molecular weight is 707 g/mol. The Bertz CT molecular complexity index is 1650. The molecule has 4 fully saturated rings. The van der Waals surface area contributed by atoms with Gasteiger partial charge in [-0.1, -0.05) is 103 Å². The molecule has 12 atom stereocenters. The van der Waals surface area contributed by atoms with Crippen molar-refractivity contribution >= 4 is 0 Å². The first-order valence-corrected chi connectivity index (χ1v) is 19.6. The van der Waals surface area contributed by atoms with Gasteiger partial charge in [-0.05, 0) is 126 Å². The van der Waals surface area contributed by atoms with Crippen molar-refractivity contribution in [2.75, 3.05) is 0 Å². The summed E-state index contributed by atoms with van der Waals surface area (Å²) < 4.78 is 78.9. The largest absolute Gasteiger partial charge is 0.483 e. The number of fused-ring (bicyclic) bond motifs is 2. The summed E-state index contributed by atoms with van der Waals surface area (Å²) in [5.41, 5.74) is 4.03. The van der Waals surface area contributed by atoms with Crippen LogP contribution < -0.4 is 4.74 Å². The fourth-order valence-electron chi connectivity index (χ4n) is 11.8. The monoisotopic (exact) mass is 706 g/mol. The van der Waals surface area contributed by atoms with E-state index in [1.807, 2.05) is 30.3 Å². The van der Waals surface area contributed by atoms with Crippen LogP contribution in [0.25, 0.3) is 0 Å². The zero-order chi connectivity index (χ0) is 36.4. The van der Waals surface area contributed by atoms with Crippen molar-refractivity contribution in [3.05, 3.63) is 100 Å². The van der Waals surface area contributed by atoms with E-state index in [4.69, 9.17) is 4.74 Å². The maximum absolute atomic E-state index is 15.1. The van der Waals surface area contributed by atoms with Crippen LogP contribution >= 0.6 is 0 Å². The SMILES string of the molecule is CCC1CC2C(CC3C(C)CC4C(c5ccc(C(C)(C)C)cc5)CCCC34)C(C)CC2C(c2ccccc2)C1Oc1c(F)c(F)c(F)c(F)c1F. The van der Waals surface area contributed by atoms with E-state index in [2.05, 4.69) is 65.8 Å². The van der Waals surface area contributed by atoms with Crippen molar-refractivity contribution in [1.82, 2.24) is 0 Å². The summed E-state index contributed by atoms with van der Waals surface area (Å²) in [6.45, 7) is 13.7. The van der Waals surface area contributed by atoms with E-state index in [1.165, 1.54) is 43.2 Å². The minimum Gasteiger partial charge on any atom is -0.483 e. The van der Waals surface area contributed by atoms with Crippen LogP contribution in [0.5, 0.6) is 5.75 Å². The molecule has 12 unspecified atom stereocenters. The number of ether oxygens (including phenoxy) is 1. The first kappa shape index (κ1) is 36.5. The standard InChI is InChI=1S/C45H55F5O/c1-7-26-22-35-33(23-32-24(2)20-34-30(14-11-15-31(32)34)27-16-18-29(19-17-27)45(4,5)6)25(3)21-36(35)37(28-12-9-8-10-13-28)43(26)51-44-41(49)39(47)38(46)40(48)42(44)50/h8-10,12-13,16-19,24-26,30-37,43H,7,11,14-15,20-23H2,1-6H3. The highest BCUT2D eigenvalue weighted by molar-refractivity contribution is 5.33. The second-order valence-corrected chi connectivity index (χ2v) is 17.9. The molecule has 4 aliphatic rings. The van der Waals surface area contributed by atoms with Crippen molar-refractivity contribution < 1.29 is 26.7 Å². The normalized spacial score (nSPS) is 35.0. The molecule has 3 aromatic rings. The van der Waals surface area contributed by atoms with Gasteiger partial charge in [-0.25, -0.2) is 13.2 Å². The second-order valence-electron chi connectivity index (χ2n) is 17.9. The highest BCUT2D eigenvalue weighted by Gasteiger charge is 2.55. The molecule has 51 heavy (non-hydrogen) atoms. The summed E-state index contributed by atoms with van der Waals surface area (Å²) in [7, 11) is 0. The minimum absolute atomic E-state index is 0.0943. The molecular formula is C45H55F5O. The Morgan fingerprint density at radius 1 is 0.647 bits per heavy atom. The van der Waals surface area contributed by atoms with E-state index in [1.54, 1.807) is 0 Å². The summed E-state index contributed by atoms with van der Waals surface area (Å²) in [5.74, 6) is -6.42. The van der Waals surface area contributed by atoms with Crippen molar-refractivity contribution in [3.63, 3.8) is 0 Å². The highest BCUT2D eigenvalue weighted by atomic mass is 19.2. The van der Waals surface area contributed by atoms with Gasteiger partial charge in [-0.3, -0.25) is 0 Å². The molecule has 0 bridgehead atoms. The molecule has 0 heterocycles. The predicted octanol–water partition coefficient (Wildman–Crippen LogP) is 12.8. The third kappa shape index (κ3) is 6.54. The summed E-state index contributed by atoms with van der Waals surface area (Å²) in [6.07, 6.45) is 8.07. The predicted molar refractivity (Wildman–Crippen MR) is 193 cm³/mol. The highest BCUT2D eigenvalue weighted by Crippen LogP contribution is 2.62. The van der Waals surface area contributed by atoms with Crippen molar-refractivity contribution in [2.24, 2.45) is 53.3 Å². The fraction of sp³-hybridized carbons (Fsp3) is 0.600. The molecule has 1 nitrogen and oxygen atoms in total. The van der Waals surface area contributed by atoms with Gasteiger partial charge < -0.3 is 4.74 Å². The average Bonchev–Trinajstić information content (AvgIpc) is 3.62. The summed E-state index contributed by atoms with van der Waals surface area (Å²) in [4.78, 5) is 0. The lowest BCUT2D eigenvalue weighted by molar-refractivity contribution is -0.00182. The lowest BCUT2D eigenvalue weighted by atomic mass is 9.61. The quantitative estimate of drug-likeness (QED) is 0.135. The Balaban J connectivity index is 1.16. The van der Waals surface area contributed by atoms with Gasteiger partial charge in [0.2, 0.25) is 29.1 Å². The lowest BCUT2D eigenvalue weighted by Crippen LogP contribution is -2.45. The molecule has 0 saturated heterocycles. The Morgan fingerprint density at radius 2 is 1.24 bits per heavy atom. The van der Waals surface area contributed by atoms with Crippen LogP contribution in [-0.2, 0) is 5.41 Å². The van der Waals surface area contributed by atoms with Crippen LogP contribution in [0, 0.1) is 82.3 Å². The van der Waals surface area contributed by atoms with Gasteiger partial charge in [0.05, 0.1) is 0 Å². The van der Waals surface area contributed by atoms with Gasteiger partial charge >= 0.3 is 0 Å². The number of rotatable bonds is 7. The van der Waals surface area contributed by atoms with Crippen LogP contribution in [0.2, 0.25) is 0 Å². The van der Waals surface area contributed by atoms with E-state index in [-0.39, 0.29) is 23.2 Å². The van der Waals surface area contributed by atoms with Crippen LogP contribution in [0.1, 0.15) is 121 Å². The van der Waals surface area contributed by atoms with E-state index in [9.17, 15) is 13.2 Å². The maximum atomic E-state index is 15.1. The van der Waals surface area contributed by atoms with E-state index in [0.29, 0.717) is 53.8 Å². The number of halogens is 5. The van der Waals surface area contributed by atoms with Crippen LogP contribution in [-0.4, -0.2) is 6.10 Å². The number of benzene rings is 3. The molecule has 0 aromatic heterocycles. The van der Waals surface area contributed by atoms with E-state index >= 15 is 8.78 Å². The molecule has 0 aliphatic heterocycles. The Labute approximate surface area is 301 Å². The summed E-state index contributed by atoms with van der Waals surface area (Å²) >= 11 is 0. The van der Waals surface area contributed by atoms with Gasteiger partial charge in [0.25, 0.3) is 0 Å². The van der Waals surface area contributed by atoms with Crippen molar-refractivity contribution in [2.45, 2.75) is 116 Å². The minimum atomic E-state index is -2.16. The first-order valence-electron chi connectivity index (χ1n) is 19.6. The van der Waals surface area contributed by atoms with Gasteiger partial charge in [0.1, 0.15) is 6.10 Å². The van der Waals surface area contributed by atoms with Crippen LogP contribution in [0.15, 0.2) is 54.6 Å². The zero-order valence-corrected chi connectivity index (χ0v) is 31.1. The van der Waals surface area contributed by atoms with Crippen molar-refractivity contribution in [1.29, 1.82) is 0 Å². The zero-order valence-electron chi connectivity index (χ0n) is 31.1. The van der Waals surface area contributed by atoms with Gasteiger partial charge in [-0.2, -0.15) is 8.78 Å². The molecule has 4 aliphatic carbocycles. The lowest BCUT2D eigenvalue weighted by Gasteiger charge is -2.47. The van der Waals surface area contributed by atoms with Gasteiger partial charge in [0, 0.05) is 5.92 Å². The molecule has 0 radical (unpaired) electrons. The van der Waals surface area contributed by atoms with Gasteiger partial charge in [0.15, 0.2) is 5.75 Å². The maximum Gasteiger partial charge on any atom is 0.207 e. The van der Waals surface area contributed by atoms with Crippen molar-refractivity contribution in [3.8, 4) is 5.75 Å². The van der Waals surface area contributed by atoms with E-state index < -0.39 is 40.9 Å². The molecular weight excluding hydrogens is 651 g/mol. The third-order valence-electron chi connectivity index (χ3n) is 14.3.